The fourth-order valence-electron chi connectivity index (χ4n) is 2.02. The molecule has 0 aliphatic rings. The average molecular weight is 363 g/mol. The van der Waals surface area contributed by atoms with Gasteiger partial charge in [0, 0.05) is 15.7 Å². The number of carbonyl (C=O) groups is 1. The molecule has 0 radical (unpaired) electrons. The predicted molar refractivity (Wildman–Crippen MR) is 93.7 cm³/mol. The molecule has 0 saturated carbocycles. The second kappa shape index (κ2) is 6.83. The van der Waals surface area contributed by atoms with E-state index in [0.717, 1.165) is 21.3 Å². The van der Waals surface area contributed by atoms with Crippen LogP contribution in [-0.4, -0.2) is 11.0 Å². The fraction of sp³-hybridized carbons (Fsp3) is 0.125. The van der Waals surface area contributed by atoms with Crippen LogP contribution >= 0.6 is 28.1 Å². The number of halogens is 1. The molecule has 0 fully saturated rings. The molecule has 0 spiro atoms. The summed E-state index contributed by atoms with van der Waals surface area (Å²) in [4.78, 5) is 12.0. The zero-order valence-corrected chi connectivity index (χ0v) is 14.1. The van der Waals surface area contributed by atoms with E-state index in [4.69, 9.17) is 12.2 Å². The summed E-state index contributed by atoms with van der Waals surface area (Å²) in [6, 6.07) is 13.0. The zero-order valence-electron chi connectivity index (χ0n) is 11.7. The summed E-state index contributed by atoms with van der Waals surface area (Å²) in [5.74, 6) is -0.222. The Morgan fingerprint density at radius 3 is 2.24 bits per heavy atom. The Labute approximate surface area is 137 Å². The lowest BCUT2D eigenvalue weighted by atomic mass is 10.1. The van der Waals surface area contributed by atoms with Crippen LogP contribution in [0.2, 0.25) is 0 Å². The number of thiocarbonyl (C=S) groups is 1. The highest BCUT2D eigenvalue weighted by Gasteiger charge is 2.10. The quantitative estimate of drug-likeness (QED) is 0.786. The number of nitrogens with one attached hydrogen (secondary N) is 2. The molecule has 5 heteroatoms. The maximum atomic E-state index is 12.0. The molecule has 0 aromatic heterocycles. The lowest BCUT2D eigenvalue weighted by Gasteiger charge is -2.14. The van der Waals surface area contributed by atoms with Gasteiger partial charge < -0.3 is 5.32 Å². The van der Waals surface area contributed by atoms with Crippen LogP contribution in [0.4, 0.5) is 5.69 Å². The summed E-state index contributed by atoms with van der Waals surface area (Å²) < 4.78 is 1.02. The highest BCUT2D eigenvalue weighted by Crippen LogP contribution is 2.24. The first-order valence-corrected chi connectivity index (χ1v) is 7.61. The highest BCUT2D eigenvalue weighted by atomic mass is 79.9. The van der Waals surface area contributed by atoms with E-state index >= 15 is 0 Å². The molecule has 1 amide bonds. The Bertz CT molecular complexity index is 663. The van der Waals surface area contributed by atoms with Crippen molar-refractivity contribution in [1.82, 2.24) is 5.32 Å². The molecule has 0 saturated heterocycles. The first kappa shape index (κ1) is 15.7. The highest BCUT2D eigenvalue weighted by molar-refractivity contribution is 9.10. The lowest BCUT2D eigenvalue weighted by molar-refractivity contribution is 0.0977. The second-order valence-electron chi connectivity index (χ2n) is 4.69. The Morgan fingerprint density at radius 1 is 1.10 bits per heavy atom. The maximum absolute atomic E-state index is 12.0. The van der Waals surface area contributed by atoms with Gasteiger partial charge in [-0.3, -0.25) is 10.1 Å². The lowest BCUT2D eigenvalue weighted by Crippen LogP contribution is -2.34. The summed E-state index contributed by atoms with van der Waals surface area (Å²) in [7, 11) is 0. The molecule has 0 atom stereocenters. The van der Waals surface area contributed by atoms with Crippen molar-refractivity contribution in [3.05, 3.63) is 63.6 Å². The van der Waals surface area contributed by atoms with Crippen molar-refractivity contribution in [2.45, 2.75) is 13.8 Å². The van der Waals surface area contributed by atoms with Gasteiger partial charge >= 0.3 is 0 Å². The Balaban J connectivity index is 2.08. The molecule has 21 heavy (non-hydrogen) atoms. The molecule has 2 aromatic rings. The van der Waals surface area contributed by atoms with E-state index < -0.39 is 0 Å². The number of rotatable bonds is 2. The van der Waals surface area contributed by atoms with Crippen LogP contribution in [0.25, 0.3) is 0 Å². The molecule has 0 aliphatic carbocycles. The Hall–Kier alpha value is -1.72. The molecule has 2 aromatic carbocycles. The minimum absolute atomic E-state index is 0.222. The van der Waals surface area contributed by atoms with Crippen LogP contribution in [0.1, 0.15) is 21.5 Å². The van der Waals surface area contributed by atoms with Crippen LogP contribution in [0, 0.1) is 13.8 Å². The van der Waals surface area contributed by atoms with E-state index in [-0.39, 0.29) is 11.0 Å². The molecule has 2 N–H and O–H groups in total. The summed E-state index contributed by atoms with van der Waals surface area (Å²) in [5, 5.41) is 6.06. The van der Waals surface area contributed by atoms with Crippen LogP contribution in [0.15, 0.2) is 46.9 Å². The van der Waals surface area contributed by atoms with Crippen molar-refractivity contribution in [3.8, 4) is 0 Å². The van der Waals surface area contributed by atoms with Gasteiger partial charge in [0.25, 0.3) is 5.91 Å². The zero-order chi connectivity index (χ0) is 15.4. The molecule has 3 nitrogen and oxygen atoms in total. The minimum Gasteiger partial charge on any atom is -0.332 e. The maximum Gasteiger partial charge on any atom is 0.257 e. The van der Waals surface area contributed by atoms with E-state index in [9.17, 15) is 4.79 Å². The molecule has 0 heterocycles. The summed E-state index contributed by atoms with van der Waals surface area (Å²) in [6.45, 7) is 3.98. The van der Waals surface area contributed by atoms with Crippen LogP contribution in [0.5, 0.6) is 0 Å². The van der Waals surface area contributed by atoms with Gasteiger partial charge in [-0.05, 0) is 61.5 Å². The van der Waals surface area contributed by atoms with Crippen molar-refractivity contribution in [2.24, 2.45) is 0 Å². The number of benzene rings is 2. The molecule has 0 unspecified atom stereocenters. The Morgan fingerprint density at radius 2 is 1.67 bits per heavy atom. The minimum atomic E-state index is -0.222. The molecule has 0 aliphatic heterocycles. The molecular formula is C16H15BrN2OS. The molecule has 108 valence electrons. The van der Waals surface area contributed by atoms with E-state index in [1.54, 1.807) is 12.1 Å². The van der Waals surface area contributed by atoms with Crippen molar-refractivity contribution in [3.63, 3.8) is 0 Å². The molecule has 2 rings (SSSR count). The largest absolute Gasteiger partial charge is 0.332 e. The van der Waals surface area contributed by atoms with Gasteiger partial charge in [0.1, 0.15) is 0 Å². The van der Waals surface area contributed by atoms with E-state index in [1.807, 2.05) is 44.2 Å². The number of hydrogen-bond acceptors (Lipinski definition) is 2. The van der Waals surface area contributed by atoms with Gasteiger partial charge in [0.05, 0.1) is 0 Å². The number of aryl methyl sites for hydroxylation is 2. The van der Waals surface area contributed by atoms with Crippen LogP contribution in [-0.2, 0) is 0 Å². The average Bonchev–Trinajstić information content (AvgIpc) is 2.43. The number of amides is 1. The first-order valence-electron chi connectivity index (χ1n) is 6.41. The SMILES string of the molecule is Cc1cc(Br)cc(C)c1NC(=S)NC(=O)c1ccccc1. The van der Waals surface area contributed by atoms with Crippen molar-refractivity contribution in [2.75, 3.05) is 5.32 Å². The smallest absolute Gasteiger partial charge is 0.257 e. The molecular weight excluding hydrogens is 348 g/mol. The third-order valence-corrected chi connectivity index (χ3v) is 3.66. The number of hydrogen-bond donors (Lipinski definition) is 2. The monoisotopic (exact) mass is 362 g/mol. The summed E-state index contributed by atoms with van der Waals surface area (Å²) in [6.07, 6.45) is 0. The van der Waals surface area contributed by atoms with E-state index in [2.05, 4.69) is 26.6 Å². The van der Waals surface area contributed by atoms with Crippen molar-refractivity contribution in [1.29, 1.82) is 0 Å². The third-order valence-electron chi connectivity index (χ3n) is 3.00. The van der Waals surface area contributed by atoms with Crippen molar-refractivity contribution >= 4 is 44.9 Å². The normalized spacial score (nSPS) is 10.0. The number of carbonyl (C=O) groups excluding carboxylic acids is 1. The van der Waals surface area contributed by atoms with Crippen LogP contribution in [0.3, 0.4) is 0 Å². The number of anilines is 1. The van der Waals surface area contributed by atoms with Gasteiger partial charge in [-0.2, -0.15) is 0 Å². The van der Waals surface area contributed by atoms with Gasteiger partial charge in [-0.15, -0.1) is 0 Å². The van der Waals surface area contributed by atoms with E-state index in [1.165, 1.54) is 0 Å². The molecule has 0 bridgehead atoms. The van der Waals surface area contributed by atoms with Crippen LogP contribution < -0.4 is 10.6 Å². The summed E-state index contributed by atoms with van der Waals surface area (Å²) in [5.41, 5.74) is 3.60. The van der Waals surface area contributed by atoms with Crippen molar-refractivity contribution < 1.29 is 4.79 Å². The Kier molecular flexibility index (Phi) is 5.09. The topological polar surface area (TPSA) is 41.1 Å². The van der Waals surface area contributed by atoms with E-state index in [0.29, 0.717) is 5.56 Å². The van der Waals surface area contributed by atoms with Gasteiger partial charge in [-0.1, -0.05) is 34.1 Å². The van der Waals surface area contributed by atoms with Gasteiger partial charge in [-0.25, -0.2) is 0 Å². The predicted octanol–water partition coefficient (Wildman–Crippen LogP) is 4.19. The van der Waals surface area contributed by atoms with Gasteiger partial charge in [0.15, 0.2) is 5.11 Å². The van der Waals surface area contributed by atoms with Gasteiger partial charge in [0.2, 0.25) is 0 Å². The third kappa shape index (κ3) is 4.12. The first-order chi connectivity index (χ1) is 9.97. The standard InChI is InChI=1S/C16H15BrN2OS/c1-10-8-13(17)9-11(2)14(10)18-16(21)19-15(20)12-6-4-3-5-7-12/h3-9H,1-2H3,(H2,18,19,20,21). The fourth-order valence-corrected chi connectivity index (χ4v) is 2.90. The summed E-state index contributed by atoms with van der Waals surface area (Å²) >= 11 is 8.66. The second-order valence-corrected chi connectivity index (χ2v) is 6.01.